The van der Waals surface area contributed by atoms with Gasteiger partial charge < -0.3 is 15.0 Å². The Morgan fingerprint density at radius 1 is 1.27 bits per heavy atom. The topological polar surface area (TPSA) is 94.4 Å². The Kier molecular flexibility index (Phi) is 5.55. The smallest absolute Gasteiger partial charge is 0.229 e. The number of aryl methyl sites for hydroxylation is 1. The van der Waals surface area contributed by atoms with Crippen LogP contribution in [0.5, 0.6) is 0 Å². The van der Waals surface area contributed by atoms with Gasteiger partial charge >= 0.3 is 0 Å². The van der Waals surface area contributed by atoms with Gasteiger partial charge in [0.25, 0.3) is 0 Å². The Bertz CT molecular complexity index is 974. The van der Waals surface area contributed by atoms with E-state index < -0.39 is 0 Å². The summed E-state index contributed by atoms with van der Waals surface area (Å²) in [6.45, 7) is 3.49. The summed E-state index contributed by atoms with van der Waals surface area (Å²) >= 11 is 0. The summed E-state index contributed by atoms with van der Waals surface area (Å²) in [5, 5.41) is 12.3. The summed E-state index contributed by atoms with van der Waals surface area (Å²) < 4.78 is 5.58. The molecule has 8 heteroatoms. The van der Waals surface area contributed by atoms with Crippen molar-refractivity contribution in [1.29, 1.82) is 5.26 Å². The molecule has 2 atom stereocenters. The summed E-state index contributed by atoms with van der Waals surface area (Å²) in [5.41, 5.74) is 3.14. The van der Waals surface area contributed by atoms with Crippen LogP contribution in [0, 0.1) is 30.1 Å². The van der Waals surface area contributed by atoms with Crippen LogP contribution in [0.1, 0.15) is 24.0 Å². The fraction of sp³-hybridized carbons (Fsp3) is 0.455. The first-order valence-electron chi connectivity index (χ1n) is 10.1. The Hall–Kier alpha value is -3.18. The fourth-order valence-electron chi connectivity index (χ4n) is 4.42. The summed E-state index contributed by atoms with van der Waals surface area (Å²) in [7, 11) is 3.83. The maximum Gasteiger partial charge on any atom is 0.229 e. The Labute approximate surface area is 176 Å². The van der Waals surface area contributed by atoms with Crippen molar-refractivity contribution < 1.29 is 9.53 Å². The predicted octanol–water partition coefficient (Wildman–Crippen LogP) is 2.85. The van der Waals surface area contributed by atoms with Crippen molar-refractivity contribution in [3.8, 4) is 6.07 Å². The molecule has 1 aromatic heterocycles. The zero-order valence-corrected chi connectivity index (χ0v) is 17.5. The predicted molar refractivity (Wildman–Crippen MR) is 115 cm³/mol. The van der Waals surface area contributed by atoms with Crippen LogP contribution >= 0.6 is 0 Å². The average Bonchev–Trinajstić information content (AvgIpc) is 3.32. The van der Waals surface area contributed by atoms with Crippen LogP contribution in [0.25, 0.3) is 0 Å². The molecule has 2 heterocycles. The van der Waals surface area contributed by atoms with Gasteiger partial charge in [-0.15, -0.1) is 0 Å². The zero-order chi connectivity index (χ0) is 21.3. The van der Waals surface area contributed by atoms with Crippen molar-refractivity contribution in [2.75, 3.05) is 42.4 Å². The first-order chi connectivity index (χ1) is 14.5. The molecule has 0 bridgehead atoms. The van der Waals surface area contributed by atoms with Crippen LogP contribution < -0.4 is 15.1 Å². The highest BCUT2D eigenvalue weighted by molar-refractivity contribution is 5.82. The Balaban J connectivity index is 1.64. The van der Waals surface area contributed by atoms with Crippen LogP contribution in [-0.4, -0.2) is 49.7 Å². The maximum atomic E-state index is 12.1. The van der Waals surface area contributed by atoms with Gasteiger partial charge in [0.05, 0.1) is 23.5 Å². The van der Waals surface area contributed by atoms with Gasteiger partial charge in [-0.25, -0.2) is 4.98 Å². The minimum absolute atomic E-state index is 0.111. The van der Waals surface area contributed by atoms with E-state index in [1.807, 2.05) is 38.1 Å². The molecule has 1 aliphatic heterocycles. The molecule has 1 saturated heterocycles. The van der Waals surface area contributed by atoms with E-state index in [1.54, 1.807) is 17.2 Å². The maximum absolute atomic E-state index is 12.1. The van der Waals surface area contributed by atoms with Crippen molar-refractivity contribution in [3.63, 3.8) is 0 Å². The third-order valence-electron chi connectivity index (χ3n) is 6.07. The van der Waals surface area contributed by atoms with E-state index in [4.69, 9.17) is 15.0 Å². The molecule has 1 aromatic carbocycles. The van der Waals surface area contributed by atoms with Gasteiger partial charge in [-0.1, -0.05) is 0 Å². The van der Waals surface area contributed by atoms with Crippen molar-refractivity contribution in [1.82, 2.24) is 9.97 Å². The largest absolute Gasteiger partial charge is 0.381 e. The van der Waals surface area contributed by atoms with Gasteiger partial charge in [0.15, 0.2) is 5.82 Å². The number of nitrogens with zero attached hydrogens (tertiary/aromatic N) is 5. The highest BCUT2D eigenvalue weighted by Crippen LogP contribution is 2.41. The molecule has 1 saturated carbocycles. The van der Waals surface area contributed by atoms with Crippen LogP contribution in [0.4, 0.5) is 23.1 Å². The SMILES string of the molecule is Cc1cc(C#N)ccc1Nc1ncc(N(C)C)c(N(C=O)C2CC3COCC3C2)n1. The molecule has 2 unspecified atom stereocenters. The van der Waals surface area contributed by atoms with Gasteiger partial charge in [0, 0.05) is 39.0 Å². The van der Waals surface area contributed by atoms with E-state index in [0.29, 0.717) is 29.2 Å². The van der Waals surface area contributed by atoms with E-state index in [0.717, 1.165) is 49.4 Å². The summed E-state index contributed by atoms with van der Waals surface area (Å²) in [4.78, 5) is 25.0. The first-order valence-corrected chi connectivity index (χ1v) is 10.1. The number of aromatic nitrogens is 2. The molecule has 8 nitrogen and oxygen atoms in total. The van der Waals surface area contributed by atoms with Gasteiger partial charge in [-0.05, 0) is 55.4 Å². The van der Waals surface area contributed by atoms with Gasteiger partial charge in [0.2, 0.25) is 12.4 Å². The molecule has 2 aromatic rings. The van der Waals surface area contributed by atoms with Gasteiger partial charge in [-0.3, -0.25) is 9.69 Å². The number of carbonyl (C=O) groups is 1. The molecule has 156 valence electrons. The second-order valence-electron chi connectivity index (χ2n) is 8.26. The molecule has 4 rings (SSSR count). The van der Waals surface area contributed by atoms with E-state index in [-0.39, 0.29) is 6.04 Å². The lowest BCUT2D eigenvalue weighted by Gasteiger charge is -2.28. The number of benzene rings is 1. The zero-order valence-electron chi connectivity index (χ0n) is 17.5. The molecule has 0 spiro atoms. The lowest BCUT2D eigenvalue weighted by molar-refractivity contribution is -0.107. The summed E-state index contributed by atoms with van der Waals surface area (Å²) in [6.07, 6.45) is 4.48. The monoisotopic (exact) mass is 406 g/mol. The van der Waals surface area contributed by atoms with Gasteiger partial charge in [-0.2, -0.15) is 10.2 Å². The van der Waals surface area contributed by atoms with Crippen LogP contribution in [0.2, 0.25) is 0 Å². The molecule has 1 amide bonds. The summed E-state index contributed by atoms with van der Waals surface area (Å²) in [6, 6.07) is 7.66. The molecule has 0 radical (unpaired) electrons. The molecule has 2 aliphatic rings. The average molecular weight is 406 g/mol. The van der Waals surface area contributed by atoms with E-state index in [2.05, 4.69) is 16.4 Å². The highest BCUT2D eigenvalue weighted by Gasteiger charge is 2.41. The lowest BCUT2D eigenvalue weighted by atomic mass is 10.0. The minimum Gasteiger partial charge on any atom is -0.381 e. The van der Waals surface area contributed by atoms with Crippen molar-refractivity contribution in [2.45, 2.75) is 25.8 Å². The van der Waals surface area contributed by atoms with Crippen molar-refractivity contribution in [3.05, 3.63) is 35.5 Å². The third-order valence-corrected chi connectivity index (χ3v) is 6.07. The number of rotatable bonds is 6. The van der Waals surface area contributed by atoms with Crippen LogP contribution in [0.15, 0.2) is 24.4 Å². The van der Waals surface area contributed by atoms with Crippen LogP contribution in [0.3, 0.4) is 0 Å². The standard InChI is InChI=1S/C22H26N6O2/c1-14-6-15(9-23)4-5-19(14)25-22-24-10-20(27(2)3)21(26-22)28(13-29)18-7-16-11-30-12-17(16)8-18/h4-6,10,13,16-18H,7-8,11-12H2,1-3H3,(H,24,25,26). The molecule has 30 heavy (non-hydrogen) atoms. The number of nitriles is 1. The van der Waals surface area contributed by atoms with E-state index >= 15 is 0 Å². The highest BCUT2D eigenvalue weighted by atomic mass is 16.5. The van der Waals surface area contributed by atoms with Crippen molar-refractivity contribution in [2.24, 2.45) is 11.8 Å². The number of carbonyl (C=O) groups excluding carboxylic acids is 1. The van der Waals surface area contributed by atoms with E-state index in [1.165, 1.54) is 0 Å². The number of fused-ring (bicyclic) bond motifs is 1. The molecule has 2 fully saturated rings. The van der Waals surface area contributed by atoms with E-state index in [9.17, 15) is 4.79 Å². The summed E-state index contributed by atoms with van der Waals surface area (Å²) in [5.74, 6) is 2.04. The second kappa shape index (κ2) is 8.28. The molecular formula is C22H26N6O2. The van der Waals surface area contributed by atoms with Crippen LogP contribution in [-0.2, 0) is 9.53 Å². The number of nitrogens with one attached hydrogen (secondary N) is 1. The lowest BCUT2D eigenvalue weighted by Crippen LogP contribution is -2.35. The number of hydrogen-bond donors (Lipinski definition) is 1. The first kappa shape index (κ1) is 20.1. The number of hydrogen-bond acceptors (Lipinski definition) is 7. The van der Waals surface area contributed by atoms with Crippen molar-refractivity contribution >= 4 is 29.6 Å². The fourth-order valence-corrected chi connectivity index (χ4v) is 4.42. The normalized spacial score (nSPS) is 22.3. The Morgan fingerprint density at radius 2 is 2.00 bits per heavy atom. The Morgan fingerprint density at radius 3 is 2.60 bits per heavy atom. The number of ether oxygens (including phenoxy) is 1. The molecular weight excluding hydrogens is 380 g/mol. The molecule has 1 N–H and O–H groups in total. The number of anilines is 4. The second-order valence-corrected chi connectivity index (χ2v) is 8.26. The number of amides is 1. The minimum atomic E-state index is 0.111. The van der Waals surface area contributed by atoms with Gasteiger partial charge in [0.1, 0.15) is 0 Å². The third kappa shape index (κ3) is 3.81. The quantitative estimate of drug-likeness (QED) is 0.737. The molecule has 1 aliphatic carbocycles.